The van der Waals surface area contributed by atoms with Gasteiger partial charge >= 0.3 is 7.94 Å². The molecule has 0 unspecified atom stereocenters. The molecule has 0 aromatic heterocycles. The molecule has 0 heterocycles. The summed E-state index contributed by atoms with van der Waals surface area (Å²) < 4.78 is 0. The summed E-state index contributed by atoms with van der Waals surface area (Å²) in [5.41, 5.74) is 1.74. The Bertz CT molecular complexity index is 291. The summed E-state index contributed by atoms with van der Waals surface area (Å²) in [7, 11) is -3.83. The van der Waals surface area contributed by atoms with Crippen LogP contribution in [0, 0.1) is 13.8 Å². The first-order chi connectivity index (χ1) is 5.41. The number of hydrogen-bond acceptors (Lipinski definition) is 3. The molecule has 0 radical (unpaired) electrons. The Morgan fingerprint density at radius 1 is 1.08 bits per heavy atom. The topological polar surface area (TPSA) is 60.7 Å². The van der Waals surface area contributed by atoms with E-state index < -0.39 is 7.94 Å². The molecule has 3 nitrogen and oxygen atoms in total. The molecule has 0 saturated carbocycles. The molecule has 4 heteroatoms. The Kier molecular flexibility index (Phi) is 2.49. The highest BCUT2D eigenvalue weighted by molar-refractivity contribution is 7.66. The molecule has 3 N–H and O–H groups in total. The molecule has 66 valence electrons. The van der Waals surface area contributed by atoms with E-state index in [1.807, 2.05) is 6.92 Å². The van der Waals surface area contributed by atoms with E-state index in [1.54, 1.807) is 25.1 Å². The Labute approximate surface area is 71.9 Å². The number of aryl methyl sites for hydroxylation is 2. The maximum Gasteiger partial charge on any atom is 0.441 e. The third-order valence-corrected chi connectivity index (χ3v) is 2.82. The largest absolute Gasteiger partial charge is 0.441 e. The lowest BCUT2D eigenvalue weighted by molar-refractivity contribution is 0.347. The lowest BCUT2D eigenvalue weighted by atomic mass is 10.2. The van der Waals surface area contributed by atoms with Crippen LogP contribution >= 0.6 is 7.94 Å². The van der Waals surface area contributed by atoms with E-state index >= 15 is 0 Å². The minimum Gasteiger partial charge on any atom is -0.189 e. The van der Waals surface area contributed by atoms with Crippen molar-refractivity contribution >= 4 is 13.2 Å². The van der Waals surface area contributed by atoms with Crippen LogP contribution < -0.4 is 5.30 Å². The van der Waals surface area contributed by atoms with Gasteiger partial charge < -0.3 is 0 Å². The van der Waals surface area contributed by atoms with Gasteiger partial charge in [-0.15, -0.1) is 0 Å². The van der Waals surface area contributed by atoms with E-state index in [0.717, 1.165) is 5.56 Å². The predicted octanol–water partition coefficient (Wildman–Crippen LogP) is 0.668. The molecule has 0 fully saturated rings. The average Bonchev–Trinajstić information content (AvgIpc) is 1.83. The smallest absolute Gasteiger partial charge is 0.189 e. The second-order valence-electron chi connectivity index (χ2n) is 2.86. The fourth-order valence-corrected chi connectivity index (χ4v) is 1.95. The lowest BCUT2D eigenvalue weighted by Crippen LogP contribution is -2.12. The van der Waals surface area contributed by atoms with Gasteiger partial charge in [-0.25, -0.2) is 0 Å². The quantitative estimate of drug-likeness (QED) is 0.566. The minimum absolute atomic E-state index is 0.230. The van der Waals surface area contributed by atoms with E-state index in [2.05, 4.69) is 0 Å². The van der Waals surface area contributed by atoms with Gasteiger partial charge in [-0.2, -0.15) is 14.7 Å². The van der Waals surface area contributed by atoms with Gasteiger partial charge in [0.05, 0.1) is 0 Å². The molecule has 0 spiro atoms. The molecule has 0 bridgehead atoms. The first-order valence-electron chi connectivity index (χ1n) is 3.56. The summed E-state index contributed by atoms with van der Waals surface area (Å²) >= 11 is 0. The molecule has 1 aromatic carbocycles. The molecule has 0 aliphatic rings. The molecule has 0 amide bonds. The van der Waals surface area contributed by atoms with Gasteiger partial charge in [-0.05, 0) is 25.5 Å². The van der Waals surface area contributed by atoms with Crippen LogP contribution in [-0.2, 0) is 0 Å². The van der Waals surface area contributed by atoms with Crippen LogP contribution in [0.4, 0.5) is 0 Å². The SMILES string of the molecule is Cc1ccc([P+](O)(O)O)c(C)c1. The maximum atomic E-state index is 8.98. The van der Waals surface area contributed by atoms with Crippen molar-refractivity contribution in [2.24, 2.45) is 0 Å². The van der Waals surface area contributed by atoms with Crippen molar-refractivity contribution in [2.75, 3.05) is 0 Å². The molecule has 1 rings (SSSR count). The molecule has 0 saturated heterocycles. The highest BCUT2D eigenvalue weighted by atomic mass is 31.2. The minimum atomic E-state index is -3.83. The van der Waals surface area contributed by atoms with Crippen molar-refractivity contribution in [1.82, 2.24) is 0 Å². The first-order valence-corrected chi connectivity index (χ1v) is 5.21. The zero-order valence-electron chi connectivity index (χ0n) is 7.02. The van der Waals surface area contributed by atoms with Crippen molar-refractivity contribution in [3.8, 4) is 0 Å². The average molecular weight is 187 g/mol. The summed E-state index contributed by atoms with van der Waals surface area (Å²) in [6, 6.07) is 5.07. The van der Waals surface area contributed by atoms with Crippen LogP contribution in [0.2, 0.25) is 0 Å². The Morgan fingerprint density at radius 3 is 2.08 bits per heavy atom. The van der Waals surface area contributed by atoms with Gasteiger partial charge in [0.2, 0.25) is 0 Å². The number of benzene rings is 1. The standard InChI is InChI=1S/C8H12O3P/c1-6-3-4-8(7(2)5-6)12(9,10)11/h3-5,9-11H,1-2H3/q+1. The Morgan fingerprint density at radius 2 is 1.67 bits per heavy atom. The molecule has 1 aromatic rings. The van der Waals surface area contributed by atoms with Crippen LogP contribution in [0.25, 0.3) is 0 Å². The molecule has 0 aliphatic carbocycles. The van der Waals surface area contributed by atoms with Crippen LogP contribution in [0.3, 0.4) is 0 Å². The predicted molar refractivity (Wildman–Crippen MR) is 49.1 cm³/mol. The second-order valence-corrected chi connectivity index (χ2v) is 4.48. The zero-order chi connectivity index (χ0) is 9.35. The summed E-state index contributed by atoms with van der Waals surface area (Å²) in [6.45, 7) is 3.64. The third kappa shape index (κ3) is 2.02. The van der Waals surface area contributed by atoms with Gasteiger partial charge in [0, 0.05) is 0 Å². The summed E-state index contributed by atoms with van der Waals surface area (Å²) in [5.74, 6) is 0. The van der Waals surface area contributed by atoms with Gasteiger partial charge in [0.25, 0.3) is 0 Å². The van der Waals surface area contributed by atoms with Crippen molar-refractivity contribution in [2.45, 2.75) is 13.8 Å². The Balaban J connectivity index is 3.19. The third-order valence-electron chi connectivity index (χ3n) is 1.68. The van der Waals surface area contributed by atoms with Crippen molar-refractivity contribution < 1.29 is 14.7 Å². The summed E-state index contributed by atoms with van der Waals surface area (Å²) in [6.07, 6.45) is 0. The van der Waals surface area contributed by atoms with Crippen LogP contribution in [0.15, 0.2) is 18.2 Å². The highest BCUT2D eigenvalue weighted by Gasteiger charge is 2.35. The van der Waals surface area contributed by atoms with E-state index in [1.165, 1.54) is 0 Å². The normalized spacial score (nSPS) is 11.8. The van der Waals surface area contributed by atoms with Crippen molar-refractivity contribution in [1.29, 1.82) is 0 Å². The second kappa shape index (κ2) is 3.11. The van der Waals surface area contributed by atoms with Gasteiger partial charge in [-0.3, -0.25) is 0 Å². The summed E-state index contributed by atoms with van der Waals surface area (Å²) in [4.78, 5) is 26.9. The molecule has 12 heavy (non-hydrogen) atoms. The summed E-state index contributed by atoms with van der Waals surface area (Å²) in [5, 5.41) is 0.230. The molecular weight excluding hydrogens is 175 g/mol. The molecule has 0 atom stereocenters. The highest BCUT2D eigenvalue weighted by Crippen LogP contribution is 2.43. The van der Waals surface area contributed by atoms with E-state index in [0.29, 0.717) is 5.56 Å². The monoisotopic (exact) mass is 187 g/mol. The van der Waals surface area contributed by atoms with Crippen LogP contribution in [-0.4, -0.2) is 14.7 Å². The number of rotatable bonds is 1. The zero-order valence-corrected chi connectivity index (χ0v) is 7.92. The van der Waals surface area contributed by atoms with E-state index in [4.69, 9.17) is 14.7 Å². The van der Waals surface area contributed by atoms with Gasteiger partial charge in [0.1, 0.15) is 0 Å². The Hall–Kier alpha value is -0.470. The van der Waals surface area contributed by atoms with Crippen LogP contribution in [0.1, 0.15) is 11.1 Å². The molecule has 0 aliphatic heterocycles. The van der Waals surface area contributed by atoms with Crippen molar-refractivity contribution in [3.05, 3.63) is 29.3 Å². The van der Waals surface area contributed by atoms with E-state index in [-0.39, 0.29) is 5.30 Å². The van der Waals surface area contributed by atoms with Crippen molar-refractivity contribution in [3.63, 3.8) is 0 Å². The fourth-order valence-electron chi connectivity index (χ4n) is 1.14. The van der Waals surface area contributed by atoms with Gasteiger partial charge in [0.15, 0.2) is 5.30 Å². The molecular formula is C8H12O3P+. The first kappa shape index (κ1) is 9.62. The van der Waals surface area contributed by atoms with Crippen LogP contribution in [0.5, 0.6) is 0 Å². The lowest BCUT2D eigenvalue weighted by Gasteiger charge is -2.06. The van der Waals surface area contributed by atoms with E-state index in [9.17, 15) is 0 Å². The fraction of sp³-hybridized carbons (Fsp3) is 0.250. The van der Waals surface area contributed by atoms with Gasteiger partial charge in [-0.1, -0.05) is 17.7 Å². The maximum absolute atomic E-state index is 8.98. The number of hydrogen-bond donors (Lipinski definition) is 3.